The van der Waals surface area contributed by atoms with Gasteiger partial charge in [-0.3, -0.25) is 0 Å². The van der Waals surface area contributed by atoms with E-state index >= 15 is 0 Å². The van der Waals surface area contributed by atoms with E-state index in [9.17, 15) is 13.2 Å². The van der Waals surface area contributed by atoms with Crippen molar-refractivity contribution in [1.29, 1.82) is 0 Å². The number of benzene rings is 3. The van der Waals surface area contributed by atoms with Crippen LogP contribution >= 0.6 is 0 Å². The van der Waals surface area contributed by atoms with Crippen LogP contribution in [0.25, 0.3) is 11.1 Å². The predicted molar refractivity (Wildman–Crippen MR) is 120 cm³/mol. The molecular formula is C28H25F3. The molecule has 1 aliphatic rings. The lowest BCUT2D eigenvalue weighted by molar-refractivity contribution is -0.137. The number of hydrogen-bond acceptors (Lipinski definition) is 0. The topological polar surface area (TPSA) is 0 Å². The van der Waals surface area contributed by atoms with Gasteiger partial charge in [0.25, 0.3) is 0 Å². The van der Waals surface area contributed by atoms with Crippen LogP contribution in [0.3, 0.4) is 0 Å². The van der Waals surface area contributed by atoms with Crippen LogP contribution in [-0.2, 0) is 25.4 Å². The molecule has 3 heteroatoms. The molecule has 158 valence electrons. The summed E-state index contributed by atoms with van der Waals surface area (Å²) in [6.07, 6.45) is 2.59. The Kier molecular flexibility index (Phi) is 6.18. The summed E-state index contributed by atoms with van der Waals surface area (Å²) in [4.78, 5) is 0. The summed E-state index contributed by atoms with van der Waals surface area (Å²) in [7, 11) is 0. The summed E-state index contributed by atoms with van der Waals surface area (Å²) in [5.74, 6) is 6.08. The molecule has 3 aromatic rings. The van der Waals surface area contributed by atoms with Crippen LogP contribution in [0.1, 0.15) is 59.6 Å². The maximum atomic E-state index is 12.7. The van der Waals surface area contributed by atoms with E-state index in [4.69, 9.17) is 0 Å². The lowest BCUT2D eigenvalue weighted by Gasteiger charge is -2.21. The largest absolute Gasteiger partial charge is 0.416 e. The minimum absolute atomic E-state index is 0.576. The van der Waals surface area contributed by atoms with Crippen molar-refractivity contribution in [3.8, 4) is 23.0 Å². The van der Waals surface area contributed by atoms with Gasteiger partial charge < -0.3 is 0 Å². The Morgan fingerprint density at radius 1 is 0.742 bits per heavy atom. The minimum Gasteiger partial charge on any atom is -0.166 e. The highest BCUT2D eigenvalue weighted by Crippen LogP contribution is 2.35. The molecule has 3 aromatic carbocycles. The molecular weight excluding hydrogens is 393 g/mol. The molecule has 0 fully saturated rings. The van der Waals surface area contributed by atoms with Crippen LogP contribution in [0.15, 0.2) is 60.7 Å². The smallest absolute Gasteiger partial charge is 0.166 e. The van der Waals surface area contributed by atoms with E-state index in [0.717, 1.165) is 37.0 Å². The second kappa shape index (κ2) is 9.02. The van der Waals surface area contributed by atoms with Gasteiger partial charge >= 0.3 is 6.18 Å². The zero-order chi connectivity index (χ0) is 21.8. The summed E-state index contributed by atoms with van der Waals surface area (Å²) in [6, 6.07) is 18.1. The van der Waals surface area contributed by atoms with Gasteiger partial charge in [0.1, 0.15) is 0 Å². The second-order valence-electron chi connectivity index (χ2n) is 8.15. The van der Waals surface area contributed by atoms with Crippen molar-refractivity contribution in [2.24, 2.45) is 0 Å². The third-order valence-electron chi connectivity index (χ3n) is 5.86. The molecule has 31 heavy (non-hydrogen) atoms. The molecule has 4 rings (SSSR count). The molecule has 0 atom stereocenters. The molecule has 0 heterocycles. The van der Waals surface area contributed by atoms with Gasteiger partial charge in [-0.1, -0.05) is 55.9 Å². The van der Waals surface area contributed by atoms with E-state index in [1.165, 1.54) is 59.2 Å². The quantitative estimate of drug-likeness (QED) is 0.302. The van der Waals surface area contributed by atoms with E-state index in [0.29, 0.717) is 5.56 Å². The standard InChI is InChI=1S/C28H25F3/c1-2-3-4-5-21-10-16-26-23(18-21)12-13-24-19-22(11-17-27(24)26)7-6-20-8-14-25(15-9-20)28(29,30)31/h8-11,14-19H,2-5,12-13H2,1H3. The van der Waals surface area contributed by atoms with Gasteiger partial charge in [-0.2, -0.15) is 13.2 Å². The summed E-state index contributed by atoms with van der Waals surface area (Å²) < 4.78 is 38.1. The average Bonchev–Trinajstić information content (AvgIpc) is 2.77. The van der Waals surface area contributed by atoms with Gasteiger partial charge in [0, 0.05) is 11.1 Å². The number of unbranched alkanes of at least 4 members (excludes halogenated alkanes) is 2. The molecule has 0 radical (unpaired) electrons. The SMILES string of the molecule is CCCCCc1ccc2c(c1)CCc1cc(C#Cc3ccc(C(F)(F)F)cc3)ccc1-2. The van der Waals surface area contributed by atoms with Gasteiger partial charge in [0.2, 0.25) is 0 Å². The van der Waals surface area contributed by atoms with E-state index in [2.05, 4.69) is 49.1 Å². The highest BCUT2D eigenvalue weighted by Gasteiger charge is 2.29. The first-order chi connectivity index (χ1) is 14.9. The van der Waals surface area contributed by atoms with E-state index < -0.39 is 11.7 Å². The van der Waals surface area contributed by atoms with Crippen molar-refractivity contribution in [3.05, 3.63) is 94.0 Å². The molecule has 0 spiro atoms. The highest BCUT2D eigenvalue weighted by atomic mass is 19.4. The molecule has 0 amide bonds. The number of fused-ring (bicyclic) bond motifs is 3. The third-order valence-corrected chi connectivity index (χ3v) is 5.86. The fourth-order valence-electron chi connectivity index (χ4n) is 4.15. The first-order valence-electron chi connectivity index (χ1n) is 10.9. The van der Waals surface area contributed by atoms with Crippen LogP contribution < -0.4 is 0 Å². The molecule has 0 nitrogen and oxygen atoms in total. The fourth-order valence-corrected chi connectivity index (χ4v) is 4.15. The maximum Gasteiger partial charge on any atom is 0.416 e. The number of halogens is 3. The van der Waals surface area contributed by atoms with Crippen molar-refractivity contribution >= 4 is 0 Å². The summed E-state index contributed by atoms with van der Waals surface area (Å²) in [5.41, 5.74) is 7.51. The van der Waals surface area contributed by atoms with Crippen LogP contribution in [0.2, 0.25) is 0 Å². The number of aryl methyl sites for hydroxylation is 3. The van der Waals surface area contributed by atoms with Crippen molar-refractivity contribution in [2.75, 3.05) is 0 Å². The molecule has 0 bridgehead atoms. The van der Waals surface area contributed by atoms with Crippen molar-refractivity contribution in [2.45, 2.75) is 51.6 Å². The summed E-state index contributed by atoms with van der Waals surface area (Å²) in [5, 5.41) is 0. The normalized spacial score (nSPS) is 12.5. The first-order valence-corrected chi connectivity index (χ1v) is 10.9. The average molecular weight is 419 g/mol. The summed E-state index contributed by atoms with van der Waals surface area (Å²) in [6.45, 7) is 2.23. The van der Waals surface area contributed by atoms with Gasteiger partial charge in [-0.15, -0.1) is 0 Å². The van der Waals surface area contributed by atoms with E-state index in [1.54, 1.807) is 0 Å². The van der Waals surface area contributed by atoms with E-state index in [1.807, 2.05) is 6.07 Å². The van der Waals surface area contributed by atoms with Gasteiger partial charge in [-0.05, 0) is 89.9 Å². The Bertz CT molecular complexity index is 1130. The molecule has 0 aliphatic heterocycles. The molecule has 0 saturated carbocycles. The van der Waals surface area contributed by atoms with Gasteiger partial charge in [0.05, 0.1) is 5.56 Å². The Balaban J connectivity index is 1.53. The van der Waals surface area contributed by atoms with Gasteiger partial charge in [-0.25, -0.2) is 0 Å². The second-order valence-corrected chi connectivity index (χ2v) is 8.15. The fraction of sp³-hybridized carbons (Fsp3) is 0.286. The van der Waals surface area contributed by atoms with Crippen LogP contribution in [0.4, 0.5) is 13.2 Å². The van der Waals surface area contributed by atoms with Crippen molar-refractivity contribution in [1.82, 2.24) is 0 Å². The van der Waals surface area contributed by atoms with E-state index in [-0.39, 0.29) is 0 Å². The lowest BCUT2D eigenvalue weighted by atomic mass is 9.83. The zero-order valence-electron chi connectivity index (χ0n) is 17.7. The minimum atomic E-state index is -4.32. The van der Waals surface area contributed by atoms with Crippen molar-refractivity contribution in [3.63, 3.8) is 0 Å². The molecule has 0 saturated heterocycles. The number of rotatable bonds is 4. The zero-order valence-corrected chi connectivity index (χ0v) is 17.7. The lowest BCUT2D eigenvalue weighted by Crippen LogP contribution is -2.05. The highest BCUT2D eigenvalue weighted by molar-refractivity contribution is 5.74. The van der Waals surface area contributed by atoms with Crippen LogP contribution in [0.5, 0.6) is 0 Å². The van der Waals surface area contributed by atoms with Crippen LogP contribution in [-0.4, -0.2) is 0 Å². The third kappa shape index (κ3) is 5.02. The predicted octanol–water partition coefficient (Wildman–Crippen LogP) is 7.60. The molecule has 0 unspecified atom stereocenters. The maximum absolute atomic E-state index is 12.7. The number of alkyl halides is 3. The van der Waals surface area contributed by atoms with Gasteiger partial charge in [0.15, 0.2) is 0 Å². The van der Waals surface area contributed by atoms with Crippen LogP contribution in [0, 0.1) is 11.8 Å². The Labute approximate surface area is 182 Å². The van der Waals surface area contributed by atoms with Crippen molar-refractivity contribution < 1.29 is 13.2 Å². The first kappa shape index (κ1) is 21.2. The molecule has 1 aliphatic carbocycles. The Morgan fingerprint density at radius 2 is 1.35 bits per heavy atom. The molecule has 0 aromatic heterocycles. The monoisotopic (exact) mass is 418 g/mol. The Morgan fingerprint density at radius 3 is 2.03 bits per heavy atom. The Hall–Kier alpha value is -2.99. The molecule has 0 N–H and O–H groups in total. The number of hydrogen-bond donors (Lipinski definition) is 0. The summed E-state index contributed by atoms with van der Waals surface area (Å²) >= 11 is 0.